The topological polar surface area (TPSA) is 78.7 Å². The van der Waals surface area contributed by atoms with Crippen LogP contribution in [0.15, 0.2) is 48.8 Å². The van der Waals surface area contributed by atoms with Crippen LogP contribution in [0.1, 0.15) is 37.7 Å². The zero-order chi connectivity index (χ0) is 22.5. The van der Waals surface area contributed by atoms with E-state index in [1.807, 2.05) is 12.1 Å². The van der Waals surface area contributed by atoms with Gasteiger partial charge in [-0.3, -0.25) is 9.69 Å². The van der Waals surface area contributed by atoms with Crippen LogP contribution in [0.4, 0.5) is 5.82 Å². The lowest BCUT2D eigenvalue weighted by Crippen LogP contribution is -2.41. The van der Waals surface area contributed by atoms with Gasteiger partial charge < -0.3 is 10.2 Å². The van der Waals surface area contributed by atoms with Crippen LogP contribution in [0.5, 0.6) is 0 Å². The number of benzene rings is 1. The van der Waals surface area contributed by atoms with E-state index in [0.29, 0.717) is 0 Å². The fourth-order valence-electron chi connectivity index (χ4n) is 5.08. The summed E-state index contributed by atoms with van der Waals surface area (Å²) in [5, 5.41) is 15.7. The average Bonchev–Trinajstić information content (AvgIpc) is 3.34. The van der Waals surface area contributed by atoms with Crippen LogP contribution < -0.4 is 10.2 Å². The van der Waals surface area contributed by atoms with Crippen molar-refractivity contribution >= 4 is 17.4 Å². The van der Waals surface area contributed by atoms with Crippen molar-refractivity contribution < 1.29 is 4.79 Å². The van der Waals surface area contributed by atoms with Crippen LogP contribution in [0.3, 0.4) is 0 Å². The molecule has 2 aromatic heterocycles. The molecule has 0 bridgehead atoms. The third-order valence-corrected chi connectivity index (χ3v) is 7.15. The Bertz CT molecular complexity index is 1040. The normalized spacial score (nSPS) is 18.6. The number of hydrogen-bond acceptors (Lipinski definition) is 6. The number of nitrogens with zero attached hydrogens (tertiary/aromatic N) is 6. The van der Waals surface area contributed by atoms with Gasteiger partial charge in [-0.05, 0) is 68.8 Å². The summed E-state index contributed by atoms with van der Waals surface area (Å²) in [6.45, 7) is 5.85. The van der Waals surface area contributed by atoms with E-state index in [-0.39, 0.29) is 11.8 Å². The van der Waals surface area contributed by atoms with Crippen molar-refractivity contribution in [2.45, 2.75) is 38.6 Å². The average molecular weight is 448 g/mol. The maximum Gasteiger partial charge on any atom is 0.223 e. The minimum absolute atomic E-state index is 0.104. The minimum Gasteiger partial charge on any atom is -0.356 e. The summed E-state index contributed by atoms with van der Waals surface area (Å²) in [6.07, 6.45) is 6.89. The molecule has 33 heavy (non-hydrogen) atoms. The van der Waals surface area contributed by atoms with Gasteiger partial charge in [0.1, 0.15) is 12.1 Å². The third-order valence-electron chi connectivity index (χ3n) is 7.15. The summed E-state index contributed by atoms with van der Waals surface area (Å²) in [6, 6.07) is 14.6. The number of likely N-dealkylation sites (tertiary alicyclic amines) is 1. The van der Waals surface area contributed by atoms with Gasteiger partial charge in [-0.2, -0.15) is 4.52 Å². The summed E-state index contributed by atoms with van der Waals surface area (Å²) in [5.74, 6) is 1.96. The molecule has 0 spiro atoms. The number of rotatable bonds is 7. The number of aromatic nitrogens is 4. The highest BCUT2D eigenvalue weighted by molar-refractivity contribution is 5.78. The van der Waals surface area contributed by atoms with Crippen molar-refractivity contribution in [1.82, 2.24) is 30.0 Å². The predicted octanol–water partition coefficient (Wildman–Crippen LogP) is 2.76. The molecule has 2 aliphatic heterocycles. The lowest BCUT2D eigenvalue weighted by molar-refractivity contribution is -0.125. The summed E-state index contributed by atoms with van der Waals surface area (Å²) in [7, 11) is 0. The molecule has 0 atom stereocenters. The molecule has 0 saturated carbocycles. The SMILES string of the molecule is O=C(NCCC1CCN(Cc2ccccc2)CC1)C1CCN(c2ccc3nncn3n2)CC1. The maximum atomic E-state index is 12.7. The van der Waals surface area contributed by atoms with Crippen molar-refractivity contribution in [3.05, 3.63) is 54.4 Å². The number of carbonyl (C=O) groups is 1. The van der Waals surface area contributed by atoms with Gasteiger partial charge in [0.2, 0.25) is 5.91 Å². The van der Waals surface area contributed by atoms with Crippen LogP contribution in [-0.2, 0) is 11.3 Å². The predicted molar refractivity (Wildman–Crippen MR) is 128 cm³/mol. The summed E-state index contributed by atoms with van der Waals surface area (Å²) in [5.41, 5.74) is 2.14. The van der Waals surface area contributed by atoms with E-state index in [1.54, 1.807) is 10.8 Å². The lowest BCUT2D eigenvalue weighted by Gasteiger charge is -2.33. The summed E-state index contributed by atoms with van der Waals surface area (Å²) < 4.78 is 1.69. The highest BCUT2D eigenvalue weighted by atomic mass is 16.1. The van der Waals surface area contributed by atoms with Gasteiger partial charge in [-0.15, -0.1) is 15.3 Å². The van der Waals surface area contributed by atoms with E-state index >= 15 is 0 Å². The van der Waals surface area contributed by atoms with Crippen LogP contribution in [0.2, 0.25) is 0 Å². The van der Waals surface area contributed by atoms with Gasteiger partial charge in [0.05, 0.1) is 0 Å². The number of nitrogens with one attached hydrogen (secondary N) is 1. The van der Waals surface area contributed by atoms with Gasteiger partial charge in [0, 0.05) is 32.1 Å². The van der Waals surface area contributed by atoms with Gasteiger partial charge in [0.25, 0.3) is 0 Å². The Hall–Kier alpha value is -3.00. The molecule has 2 aliphatic rings. The Morgan fingerprint density at radius 1 is 0.970 bits per heavy atom. The first-order chi connectivity index (χ1) is 16.2. The van der Waals surface area contributed by atoms with Gasteiger partial charge >= 0.3 is 0 Å². The second-order valence-corrected chi connectivity index (χ2v) is 9.37. The van der Waals surface area contributed by atoms with E-state index < -0.39 is 0 Å². The van der Waals surface area contributed by atoms with Crippen molar-refractivity contribution in [3.8, 4) is 0 Å². The molecule has 8 heteroatoms. The number of carbonyl (C=O) groups excluding carboxylic acids is 1. The van der Waals surface area contributed by atoms with Crippen LogP contribution >= 0.6 is 0 Å². The van der Waals surface area contributed by atoms with Crippen LogP contribution in [0.25, 0.3) is 5.65 Å². The molecule has 3 aromatic rings. The Labute approximate surface area is 195 Å². The molecule has 8 nitrogen and oxygen atoms in total. The highest BCUT2D eigenvalue weighted by Gasteiger charge is 2.26. The monoisotopic (exact) mass is 447 g/mol. The lowest BCUT2D eigenvalue weighted by atomic mass is 9.92. The third kappa shape index (κ3) is 5.50. The number of amides is 1. The minimum atomic E-state index is 0.104. The Kier molecular flexibility index (Phi) is 6.81. The summed E-state index contributed by atoms with van der Waals surface area (Å²) in [4.78, 5) is 17.5. The fraction of sp³-hybridized carbons (Fsp3) is 0.520. The summed E-state index contributed by atoms with van der Waals surface area (Å²) >= 11 is 0. The molecule has 0 radical (unpaired) electrons. The van der Waals surface area contributed by atoms with E-state index in [2.05, 4.69) is 60.7 Å². The molecule has 2 saturated heterocycles. The largest absolute Gasteiger partial charge is 0.356 e. The van der Waals surface area contributed by atoms with Crippen LogP contribution in [-0.4, -0.2) is 63.3 Å². The van der Waals surface area contributed by atoms with E-state index in [9.17, 15) is 4.79 Å². The Morgan fingerprint density at radius 3 is 2.55 bits per heavy atom. The molecule has 1 amide bonds. The van der Waals surface area contributed by atoms with Crippen molar-refractivity contribution in [2.24, 2.45) is 11.8 Å². The first-order valence-electron chi connectivity index (χ1n) is 12.2. The Balaban J connectivity index is 0.996. The molecular weight excluding hydrogens is 414 g/mol. The van der Waals surface area contributed by atoms with Crippen molar-refractivity contribution in [3.63, 3.8) is 0 Å². The smallest absolute Gasteiger partial charge is 0.223 e. The molecule has 1 aromatic carbocycles. The molecule has 1 N–H and O–H groups in total. The van der Waals surface area contributed by atoms with E-state index in [4.69, 9.17) is 0 Å². The molecule has 0 unspecified atom stereocenters. The van der Waals surface area contributed by atoms with Gasteiger partial charge in [-0.1, -0.05) is 30.3 Å². The van der Waals surface area contributed by atoms with Crippen LogP contribution in [0, 0.1) is 11.8 Å². The zero-order valence-electron chi connectivity index (χ0n) is 19.1. The second-order valence-electron chi connectivity index (χ2n) is 9.37. The van der Waals surface area contributed by atoms with E-state index in [1.165, 1.54) is 18.4 Å². The van der Waals surface area contributed by atoms with Gasteiger partial charge in [-0.25, -0.2) is 0 Å². The number of hydrogen-bond donors (Lipinski definition) is 1. The molecule has 5 rings (SSSR count). The molecular formula is C25H33N7O. The van der Waals surface area contributed by atoms with E-state index in [0.717, 1.165) is 75.9 Å². The first kappa shape index (κ1) is 21.8. The quantitative estimate of drug-likeness (QED) is 0.600. The van der Waals surface area contributed by atoms with Crippen molar-refractivity contribution in [2.75, 3.05) is 37.6 Å². The standard InChI is InChI=1S/C25H33N7O/c33-25(22-11-16-31(17-12-22)24-7-6-23-28-27-19-32(23)29-24)26-13-8-20-9-14-30(15-10-20)18-21-4-2-1-3-5-21/h1-7,19-20,22H,8-18H2,(H,26,33). The molecule has 0 aliphatic carbocycles. The number of anilines is 1. The fourth-order valence-corrected chi connectivity index (χ4v) is 5.08. The molecule has 2 fully saturated rings. The molecule has 4 heterocycles. The number of fused-ring (bicyclic) bond motifs is 1. The van der Waals surface area contributed by atoms with Crippen molar-refractivity contribution in [1.29, 1.82) is 0 Å². The maximum absolute atomic E-state index is 12.7. The van der Waals surface area contributed by atoms with Gasteiger partial charge in [0.15, 0.2) is 5.65 Å². The first-order valence-corrected chi connectivity index (χ1v) is 12.2. The Morgan fingerprint density at radius 2 is 1.76 bits per heavy atom. The highest BCUT2D eigenvalue weighted by Crippen LogP contribution is 2.23. The number of piperidine rings is 2. The zero-order valence-corrected chi connectivity index (χ0v) is 19.1. The molecule has 174 valence electrons. The second kappa shape index (κ2) is 10.3.